The minimum Gasteiger partial charge on any atom is -0.325 e. The number of thioether (sulfide) groups is 1. The molecule has 30 heavy (non-hydrogen) atoms. The van der Waals surface area contributed by atoms with Crippen LogP contribution in [0.1, 0.15) is 10.7 Å². The topological polar surface area (TPSA) is 59.8 Å². The van der Waals surface area contributed by atoms with E-state index in [2.05, 4.69) is 15.5 Å². The van der Waals surface area contributed by atoms with Crippen molar-refractivity contribution in [1.29, 1.82) is 0 Å². The first-order valence-corrected chi connectivity index (χ1v) is 11.2. The summed E-state index contributed by atoms with van der Waals surface area (Å²) < 4.78 is 15.2. The second-order valence-electron chi connectivity index (χ2n) is 6.31. The molecule has 0 saturated heterocycles. The van der Waals surface area contributed by atoms with Crippen LogP contribution < -0.4 is 5.32 Å². The van der Waals surface area contributed by atoms with E-state index in [1.54, 1.807) is 35.6 Å². The summed E-state index contributed by atoms with van der Waals surface area (Å²) in [6.07, 6.45) is 0.628. The number of nitrogens with one attached hydrogen (secondary N) is 1. The van der Waals surface area contributed by atoms with Crippen molar-refractivity contribution in [3.8, 4) is 5.69 Å². The van der Waals surface area contributed by atoms with E-state index >= 15 is 0 Å². The fraction of sp³-hybridized carbons (Fsp3) is 0.0952. The van der Waals surface area contributed by atoms with Gasteiger partial charge in [0.05, 0.1) is 5.75 Å². The molecule has 4 aromatic rings. The van der Waals surface area contributed by atoms with E-state index in [9.17, 15) is 9.18 Å². The van der Waals surface area contributed by atoms with Gasteiger partial charge in [-0.25, -0.2) is 4.39 Å². The van der Waals surface area contributed by atoms with Gasteiger partial charge in [0.1, 0.15) is 11.6 Å². The molecule has 152 valence electrons. The van der Waals surface area contributed by atoms with Gasteiger partial charge in [-0.1, -0.05) is 35.5 Å². The average Bonchev–Trinajstić information content (AvgIpc) is 3.37. The second kappa shape index (κ2) is 9.42. The van der Waals surface area contributed by atoms with Crippen LogP contribution in [-0.4, -0.2) is 26.4 Å². The minimum atomic E-state index is -0.402. The second-order valence-corrected chi connectivity index (χ2v) is 8.73. The van der Waals surface area contributed by atoms with Crippen LogP contribution >= 0.6 is 34.7 Å². The molecule has 0 aliphatic carbocycles. The van der Waals surface area contributed by atoms with Crippen LogP contribution in [0.2, 0.25) is 5.02 Å². The number of amides is 1. The Balaban J connectivity index is 1.54. The highest BCUT2D eigenvalue weighted by Crippen LogP contribution is 2.25. The van der Waals surface area contributed by atoms with E-state index in [0.29, 0.717) is 22.3 Å². The van der Waals surface area contributed by atoms with Crippen LogP contribution in [0.3, 0.4) is 0 Å². The SMILES string of the molecule is O=C(CSc1nnc(Cc2cccs2)n1-c1ccc(Cl)cc1)Nc1cccc(F)c1. The number of carbonyl (C=O) groups excluding carboxylic acids is 1. The van der Waals surface area contributed by atoms with Gasteiger partial charge in [-0.2, -0.15) is 0 Å². The Morgan fingerprint density at radius 2 is 1.97 bits per heavy atom. The summed E-state index contributed by atoms with van der Waals surface area (Å²) in [6, 6.07) is 17.2. The number of thiophene rings is 1. The number of benzene rings is 2. The molecular formula is C21H16ClFN4OS2. The van der Waals surface area contributed by atoms with Crippen LogP contribution in [0.4, 0.5) is 10.1 Å². The summed E-state index contributed by atoms with van der Waals surface area (Å²) in [5.41, 5.74) is 1.28. The zero-order valence-electron chi connectivity index (χ0n) is 15.6. The third kappa shape index (κ3) is 5.08. The van der Waals surface area contributed by atoms with Gasteiger partial charge in [0.25, 0.3) is 0 Å². The van der Waals surface area contributed by atoms with Crippen molar-refractivity contribution < 1.29 is 9.18 Å². The quantitative estimate of drug-likeness (QED) is 0.374. The van der Waals surface area contributed by atoms with Gasteiger partial charge in [-0.3, -0.25) is 9.36 Å². The Kier molecular flexibility index (Phi) is 6.47. The highest BCUT2D eigenvalue weighted by Gasteiger charge is 2.17. The fourth-order valence-corrected chi connectivity index (χ4v) is 4.42. The largest absolute Gasteiger partial charge is 0.325 e. The zero-order valence-corrected chi connectivity index (χ0v) is 18.0. The maximum absolute atomic E-state index is 13.3. The minimum absolute atomic E-state index is 0.112. The van der Waals surface area contributed by atoms with E-state index in [1.807, 2.05) is 34.2 Å². The maximum Gasteiger partial charge on any atom is 0.234 e. The monoisotopic (exact) mass is 458 g/mol. The molecule has 0 radical (unpaired) electrons. The first-order valence-electron chi connectivity index (χ1n) is 8.99. The number of anilines is 1. The molecule has 0 spiro atoms. The van der Waals surface area contributed by atoms with E-state index in [1.165, 1.54) is 23.9 Å². The molecule has 1 N–H and O–H groups in total. The predicted octanol–water partition coefficient (Wildman–Crippen LogP) is 5.44. The van der Waals surface area contributed by atoms with Crippen molar-refractivity contribution in [1.82, 2.24) is 14.8 Å². The van der Waals surface area contributed by atoms with Crippen LogP contribution in [0, 0.1) is 5.82 Å². The average molecular weight is 459 g/mol. The highest BCUT2D eigenvalue weighted by molar-refractivity contribution is 7.99. The Morgan fingerprint density at radius 1 is 1.13 bits per heavy atom. The lowest BCUT2D eigenvalue weighted by atomic mass is 10.3. The van der Waals surface area contributed by atoms with Crippen molar-refractivity contribution >= 4 is 46.3 Å². The van der Waals surface area contributed by atoms with Gasteiger partial charge in [0, 0.05) is 27.7 Å². The third-order valence-electron chi connectivity index (χ3n) is 4.14. The van der Waals surface area contributed by atoms with Crippen molar-refractivity contribution in [2.75, 3.05) is 11.1 Å². The Morgan fingerprint density at radius 3 is 2.70 bits per heavy atom. The maximum atomic E-state index is 13.3. The van der Waals surface area contributed by atoms with Gasteiger partial charge < -0.3 is 5.32 Å². The van der Waals surface area contributed by atoms with E-state index in [0.717, 1.165) is 16.4 Å². The summed E-state index contributed by atoms with van der Waals surface area (Å²) in [4.78, 5) is 13.5. The van der Waals surface area contributed by atoms with Crippen molar-refractivity contribution in [2.24, 2.45) is 0 Å². The highest BCUT2D eigenvalue weighted by atomic mass is 35.5. The molecule has 1 amide bonds. The van der Waals surface area contributed by atoms with Gasteiger partial charge >= 0.3 is 0 Å². The molecule has 2 aromatic heterocycles. The Labute approximate surface area is 185 Å². The first-order chi connectivity index (χ1) is 14.6. The number of hydrogen-bond acceptors (Lipinski definition) is 5. The number of hydrogen-bond donors (Lipinski definition) is 1. The third-order valence-corrected chi connectivity index (χ3v) is 6.20. The van der Waals surface area contributed by atoms with E-state index < -0.39 is 5.82 Å². The zero-order chi connectivity index (χ0) is 20.9. The lowest BCUT2D eigenvalue weighted by Gasteiger charge is -2.10. The summed E-state index contributed by atoms with van der Waals surface area (Å²) >= 11 is 8.95. The smallest absolute Gasteiger partial charge is 0.234 e. The van der Waals surface area contributed by atoms with E-state index in [4.69, 9.17) is 11.6 Å². The van der Waals surface area contributed by atoms with Crippen LogP contribution in [-0.2, 0) is 11.2 Å². The molecule has 0 fully saturated rings. The van der Waals surface area contributed by atoms with Crippen molar-refractivity contribution in [3.63, 3.8) is 0 Å². The predicted molar refractivity (Wildman–Crippen MR) is 119 cm³/mol. The molecule has 5 nitrogen and oxygen atoms in total. The van der Waals surface area contributed by atoms with Crippen LogP contribution in [0.15, 0.2) is 71.2 Å². The molecule has 0 aliphatic rings. The number of rotatable bonds is 7. The molecule has 0 saturated carbocycles. The Bertz CT molecular complexity index is 1150. The summed E-state index contributed by atoms with van der Waals surface area (Å²) in [5.74, 6) is 0.228. The van der Waals surface area contributed by atoms with Crippen LogP contribution in [0.25, 0.3) is 5.69 Å². The lowest BCUT2D eigenvalue weighted by molar-refractivity contribution is -0.113. The molecular weight excluding hydrogens is 443 g/mol. The molecule has 4 rings (SSSR count). The van der Waals surface area contributed by atoms with Crippen molar-refractivity contribution in [2.45, 2.75) is 11.6 Å². The first kappa shape index (κ1) is 20.6. The number of nitrogens with zero attached hydrogens (tertiary/aromatic N) is 3. The Hall–Kier alpha value is -2.68. The standard InChI is InChI=1S/C21H16ClFN4OS2/c22-14-6-8-17(9-7-14)27-19(12-18-5-2-10-29-18)25-26-21(27)30-13-20(28)24-16-4-1-3-15(23)11-16/h1-11H,12-13H2,(H,24,28). The molecule has 9 heteroatoms. The summed E-state index contributed by atoms with van der Waals surface area (Å²) in [6.45, 7) is 0. The molecule has 2 heterocycles. The van der Waals surface area contributed by atoms with E-state index in [-0.39, 0.29) is 11.7 Å². The van der Waals surface area contributed by atoms with Crippen LogP contribution in [0.5, 0.6) is 0 Å². The lowest BCUT2D eigenvalue weighted by Crippen LogP contribution is -2.14. The van der Waals surface area contributed by atoms with Gasteiger partial charge in [-0.05, 0) is 53.9 Å². The fourth-order valence-electron chi connectivity index (χ4n) is 2.82. The number of halogens is 2. The van der Waals surface area contributed by atoms with Gasteiger partial charge in [0.2, 0.25) is 5.91 Å². The normalized spacial score (nSPS) is 10.9. The summed E-state index contributed by atoms with van der Waals surface area (Å²) in [7, 11) is 0. The molecule has 0 bridgehead atoms. The molecule has 0 unspecified atom stereocenters. The summed E-state index contributed by atoms with van der Waals surface area (Å²) in [5, 5.41) is 14.6. The molecule has 0 aliphatic heterocycles. The molecule has 2 aromatic carbocycles. The van der Waals surface area contributed by atoms with Crippen molar-refractivity contribution in [3.05, 3.63) is 87.6 Å². The molecule has 0 atom stereocenters. The van der Waals surface area contributed by atoms with Gasteiger partial charge in [-0.15, -0.1) is 21.5 Å². The number of aromatic nitrogens is 3. The number of carbonyl (C=O) groups is 1. The van der Waals surface area contributed by atoms with Gasteiger partial charge in [0.15, 0.2) is 5.16 Å².